The van der Waals surface area contributed by atoms with Crippen LogP contribution in [-0.2, 0) is 15.4 Å². The SMILES string of the molecule is COc1c(/C(=N/OS(C)=O)C(F)(F)F)c(=O)oc2ccccc12. The molecule has 0 amide bonds. The van der Waals surface area contributed by atoms with Crippen LogP contribution in [0.5, 0.6) is 5.75 Å². The number of hydrogen-bond donors (Lipinski definition) is 0. The summed E-state index contributed by atoms with van der Waals surface area (Å²) in [7, 11) is 1.11. The number of rotatable bonds is 4. The van der Waals surface area contributed by atoms with E-state index in [4.69, 9.17) is 9.15 Å². The minimum absolute atomic E-state index is 0.0552. The van der Waals surface area contributed by atoms with Crippen LogP contribution in [-0.4, -0.2) is 29.5 Å². The summed E-state index contributed by atoms with van der Waals surface area (Å²) in [5.74, 6) is -0.363. The van der Waals surface area contributed by atoms with Gasteiger partial charge in [0.15, 0.2) is 0 Å². The molecule has 0 aliphatic carbocycles. The lowest BCUT2D eigenvalue weighted by Crippen LogP contribution is -2.30. The Morgan fingerprint density at radius 2 is 1.96 bits per heavy atom. The molecule has 0 fully saturated rings. The van der Waals surface area contributed by atoms with Gasteiger partial charge in [0.1, 0.15) is 16.9 Å². The van der Waals surface area contributed by atoms with E-state index in [0.29, 0.717) is 0 Å². The predicted octanol–water partition coefficient (Wildman–Crippen LogP) is 2.38. The van der Waals surface area contributed by atoms with E-state index >= 15 is 0 Å². The van der Waals surface area contributed by atoms with E-state index in [-0.39, 0.29) is 16.7 Å². The van der Waals surface area contributed by atoms with Crippen LogP contribution in [0.25, 0.3) is 11.0 Å². The van der Waals surface area contributed by atoms with E-state index < -0.39 is 34.2 Å². The lowest BCUT2D eigenvalue weighted by atomic mass is 10.1. The fourth-order valence-electron chi connectivity index (χ4n) is 1.87. The van der Waals surface area contributed by atoms with Crippen molar-refractivity contribution >= 4 is 27.8 Å². The van der Waals surface area contributed by atoms with Crippen LogP contribution in [0.4, 0.5) is 13.2 Å². The molecular formula is C13H10F3NO5S. The third-order valence-electron chi connectivity index (χ3n) is 2.71. The predicted molar refractivity (Wildman–Crippen MR) is 76.8 cm³/mol. The van der Waals surface area contributed by atoms with Gasteiger partial charge in [-0.15, -0.1) is 0 Å². The molecule has 1 aromatic carbocycles. The Kier molecular flexibility index (Phi) is 4.73. The first-order valence-electron chi connectivity index (χ1n) is 6.02. The lowest BCUT2D eigenvalue weighted by molar-refractivity contribution is -0.0598. The van der Waals surface area contributed by atoms with E-state index in [1.165, 1.54) is 18.2 Å². The van der Waals surface area contributed by atoms with Crippen LogP contribution >= 0.6 is 0 Å². The van der Waals surface area contributed by atoms with Crippen LogP contribution < -0.4 is 10.4 Å². The van der Waals surface area contributed by atoms with Crippen LogP contribution in [0, 0.1) is 0 Å². The topological polar surface area (TPSA) is 78.1 Å². The van der Waals surface area contributed by atoms with Crippen molar-refractivity contribution in [2.45, 2.75) is 6.18 Å². The number of benzene rings is 1. The fourth-order valence-corrected chi connectivity index (χ4v) is 2.05. The molecule has 1 aromatic heterocycles. The van der Waals surface area contributed by atoms with E-state index in [0.717, 1.165) is 13.4 Å². The highest BCUT2D eigenvalue weighted by atomic mass is 32.2. The third kappa shape index (κ3) is 3.52. The van der Waals surface area contributed by atoms with Crippen molar-refractivity contribution in [1.82, 2.24) is 0 Å². The molecule has 1 unspecified atom stereocenters. The molecule has 6 nitrogen and oxygen atoms in total. The Labute approximate surface area is 130 Å². The molecule has 0 saturated carbocycles. The maximum Gasteiger partial charge on any atom is 0.437 e. The summed E-state index contributed by atoms with van der Waals surface area (Å²) in [5, 5.41) is 2.94. The quantitative estimate of drug-likeness (QED) is 0.481. The first-order valence-corrected chi connectivity index (χ1v) is 7.50. The second kappa shape index (κ2) is 6.41. The fraction of sp³-hybridized carbons (Fsp3) is 0.231. The van der Waals surface area contributed by atoms with Gasteiger partial charge in [-0.2, -0.15) is 13.2 Å². The summed E-state index contributed by atoms with van der Waals surface area (Å²) in [6.07, 6.45) is -4.07. The molecule has 1 heterocycles. The van der Waals surface area contributed by atoms with Crippen molar-refractivity contribution in [2.75, 3.05) is 13.4 Å². The number of hydrogen-bond acceptors (Lipinski definition) is 6. The Morgan fingerprint density at radius 1 is 1.30 bits per heavy atom. The molecule has 0 aliphatic heterocycles. The normalized spacial score (nSPS) is 13.9. The van der Waals surface area contributed by atoms with Crippen LogP contribution in [0.15, 0.2) is 38.6 Å². The minimum Gasteiger partial charge on any atom is -0.495 e. The summed E-state index contributed by atoms with van der Waals surface area (Å²) in [6, 6.07) is 5.92. The number of ether oxygens (including phenoxy) is 1. The molecule has 10 heteroatoms. The highest BCUT2D eigenvalue weighted by molar-refractivity contribution is 7.79. The number of nitrogens with zero attached hydrogens (tertiary/aromatic N) is 1. The molecule has 0 spiro atoms. The molecule has 0 radical (unpaired) electrons. The molecule has 23 heavy (non-hydrogen) atoms. The molecule has 0 aliphatic rings. The van der Waals surface area contributed by atoms with Gasteiger partial charge in [-0.3, -0.25) is 4.28 Å². The molecule has 0 saturated heterocycles. The van der Waals surface area contributed by atoms with Gasteiger partial charge in [-0.1, -0.05) is 17.3 Å². The van der Waals surface area contributed by atoms with Gasteiger partial charge >= 0.3 is 11.8 Å². The molecule has 2 rings (SSSR count). The van der Waals surface area contributed by atoms with Gasteiger partial charge < -0.3 is 9.15 Å². The zero-order valence-corrected chi connectivity index (χ0v) is 12.7. The number of oxime groups is 1. The number of alkyl halides is 3. The van der Waals surface area contributed by atoms with Crippen molar-refractivity contribution in [3.05, 3.63) is 40.2 Å². The first-order chi connectivity index (χ1) is 10.8. The van der Waals surface area contributed by atoms with Crippen molar-refractivity contribution in [2.24, 2.45) is 5.16 Å². The Bertz CT molecular complexity index is 844. The van der Waals surface area contributed by atoms with Crippen molar-refractivity contribution in [3.8, 4) is 5.75 Å². The van der Waals surface area contributed by atoms with Gasteiger partial charge in [-0.25, -0.2) is 9.00 Å². The van der Waals surface area contributed by atoms with E-state index in [9.17, 15) is 22.2 Å². The smallest absolute Gasteiger partial charge is 0.437 e. The maximum atomic E-state index is 13.2. The van der Waals surface area contributed by atoms with Gasteiger partial charge in [0, 0.05) is 0 Å². The Morgan fingerprint density at radius 3 is 2.52 bits per heavy atom. The first kappa shape index (κ1) is 17.0. The second-order valence-corrected chi connectivity index (χ2v) is 5.16. The molecule has 1 atom stereocenters. The summed E-state index contributed by atoms with van der Waals surface area (Å²) < 4.78 is 64.4. The zero-order valence-electron chi connectivity index (χ0n) is 11.8. The average molecular weight is 349 g/mol. The molecule has 0 bridgehead atoms. The third-order valence-corrected chi connectivity index (χ3v) is 2.99. The summed E-state index contributed by atoms with van der Waals surface area (Å²) >= 11 is -2.10. The number of para-hydroxylation sites is 1. The van der Waals surface area contributed by atoms with E-state index in [2.05, 4.69) is 9.44 Å². The zero-order chi connectivity index (χ0) is 17.2. The average Bonchev–Trinajstić information content (AvgIpc) is 2.45. The summed E-state index contributed by atoms with van der Waals surface area (Å²) in [6.45, 7) is 0. The van der Waals surface area contributed by atoms with Crippen LogP contribution in [0.2, 0.25) is 0 Å². The largest absolute Gasteiger partial charge is 0.495 e. The molecule has 2 aromatic rings. The second-order valence-electron chi connectivity index (χ2n) is 4.21. The standard InChI is InChI=1S/C13H10F3NO5S/c1-20-10-7-5-3-4-6-8(7)21-12(18)9(10)11(13(14,15)16)17-22-23(2)19/h3-6H,1-2H3/b17-11-. The summed E-state index contributed by atoms with van der Waals surface area (Å²) in [5.41, 5.74) is -3.89. The van der Waals surface area contributed by atoms with Gasteiger partial charge in [0.25, 0.3) is 0 Å². The Hall–Kier alpha value is -2.36. The van der Waals surface area contributed by atoms with Gasteiger partial charge in [0.05, 0.1) is 18.8 Å². The van der Waals surface area contributed by atoms with Crippen molar-refractivity contribution in [3.63, 3.8) is 0 Å². The maximum absolute atomic E-state index is 13.2. The Balaban J connectivity index is 2.82. The monoisotopic (exact) mass is 349 g/mol. The molecular weight excluding hydrogens is 339 g/mol. The van der Waals surface area contributed by atoms with E-state index in [1.807, 2.05) is 0 Å². The van der Waals surface area contributed by atoms with E-state index in [1.54, 1.807) is 6.07 Å². The number of halogens is 3. The number of methoxy groups -OCH3 is 1. The minimum atomic E-state index is -5.05. The lowest BCUT2D eigenvalue weighted by Gasteiger charge is -2.13. The van der Waals surface area contributed by atoms with Crippen molar-refractivity contribution in [1.29, 1.82) is 0 Å². The highest BCUT2D eigenvalue weighted by Gasteiger charge is 2.42. The molecule has 124 valence electrons. The number of fused-ring (bicyclic) bond motifs is 1. The van der Waals surface area contributed by atoms with Gasteiger partial charge in [0.2, 0.25) is 16.8 Å². The van der Waals surface area contributed by atoms with Crippen LogP contribution in [0.3, 0.4) is 0 Å². The van der Waals surface area contributed by atoms with Crippen molar-refractivity contribution < 1.29 is 30.8 Å². The van der Waals surface area contributed by atoms with Gasteiger partial charge in [-0.05, 0) is 12.1 Å². The molecule has 0 N–H and O–H groups in total. The summed E-state index contributed by atoms with van der Waals surface area (Å²) in [4.78, 5) is 12.0. The highest BCUT2D eigenvalue weighted by Crippen LogP contribution is 2.32. The van der Waals surface area contributed by atoms with Crippen LogP contribution in [0.1, 0.15) is 5.56 Å².